The Morgan fingerprint density at radius 2 is 1.89 bits per heavy atom. The predicted octanol–water partition coefficient (Wildman–Crippen LogP) is 3.90. The molecule has 0 bridgehead atoms. The predicted molar refractivity (Wildman–Crippen MR) is 67.7 cm³/mol. The first-order valence-corrected chi connectivity index (χ1v) is 6.12. The highest BCUT2D eigenvalue weighted by Crippen LogP contribution is 2.55. The number of nitriles is 1. The van der Waals surface area contributed by atoms with Crippen molar-refractivity contribution in [1.29, 1.82) is 5.26 Å². The average Bonchev–Trinajstić information content (AvgIpc) is 2.24. The van der Waals surface area contributed by atoms with Gasteiger partial charge in [-0.05, 0) is 18.6 Å². The molecule has 1 aliphatic carbocycles. The Morgan fingerprint density at radius 1 is 1.28 bits per heavy atom. The molecule has 0 heterocycles. The fourth-order valence-corrected chi connectivity index (χ4v) is 3.40. The molecule has 0 unspecified atom stereocenters. The van der Waals surface area contributed by atoms with Crippen molar-refractivity contribution in [1.82, 2.24) is 0 Å². The average molecular weight is 247 g/mol. The molecule has 2 rings (SSSR count). The molecule has 1 saturated carbocycles. The topological polar surface area (TPSA) is 33.0 Å². The van der Waals surface area contributed by atoms with Crippen molar-refractivity contribution in [3.8, 4) is 11.8 Å². The second-order valence-corrected chi connectivity index (χ2v) is 6.41. The largest absolute Gasteiger partial charge is 0.489 e. The fraction of sp³-hybridized carbons (Fsp3) is 0.533. The van der Waals surface area contributed by atoms with Gasteiger partial charge < -0.3 is 4.74 Å². The van der Waals surface area contributed by atoms with E-state index in [1.807, 2.05) is 0 Å². The van der Waals surface area contributed by atoms with Crippen molar-refractivity contribution in [2.24, 2.45) is 10.8 Å². The van der Waals surface area contributed by atoms with E-state index in [4.69, 9.17) is 10.00 Å². The number of rotatable bonds is 2. The maximum absolute atomic E-state index is 13.5. The molecule has 18 heavy (non-hydrogen) atoms. The summed E-state index contributed by atoms with van der Waals surface area (Å²) < 4.78 is 19.4. The van der Waals surface area contributed by atoms with E-state index in [9.17, 15) is 4.39 Å². The quantitative estimate of drug-likeness (QED) is 0.794. The van der Waals surface area contributed by atoms with Crippen LogP contribution in [-0.2, 0) is 0 Å². The van der Waals surface area contributed by atoms with Gasteiger partial charge >= 0.3 is 0 Å². The number of benzene rings is 1. The molecule has 0 amide bonds. The maximum atomic E-state index is 13.5. The Morgan fingerprint density at radius 3 is 2.33 bits per heavy atom. The molecule has 3 heteroatoms. The molecular weight excluding hydrogens is 229 g/mol. The lowest BCUT2D eigenvalue weighted by molar-refractivity contribution is -0.133. The Bertz CT molecular complexity index is 500. The fourth-order valence-electron chi connectivity index (χ4n) is 3.40. The molecular formula is C15H18FNO. The Labute approximate surface area is 107 Å². The molecule has 96 valence electrons. The van der Waals surface area contributed by atoms with Gasteiger partial charge in [0.15, 0.2) is 0 Å². The van der Waals surface area contributed by atoms with Crippen molar-refractivity contribution in [3.05, 3.63) is 29.6 Å². The standard InChI is InChI=1S/C15H18FNO/c1-14(2)9-15(3,4)13(14)18-11-6-5-10(8-17)12(16)7-11/h5-7,13H,9H2,1-4H3. The summed E-state index contributed by atoms with van der Waals surface area (Å²) in [5, 5.41) is 8.68. The zero-order valence-corrected chi connectivity index (χ0v) is 11.2. The summed E-state index contributed by atoms with van der Waals surface area (Å²) in [6.45, 7) is 8.62. The van der Waals surface area contributed by atoms with Gasteiger partial charge in [-0.2, -0.15) is 5.26 Å². The summed E-state index contributed by atoms with van der Waals surface area (Å²) >= 11 is 0. The lowest BCUT2D eigenvalue weighted by Gasteiger charge is -2.56. The highest BCUT2D eigenvalue weighted by molar-refractivity contribution is 5.36. The van der Waals surface area contributed by atoms with Crippen molar-refractivity contribution in [3.63, 3.8) is 0 Å². The first-order chi connectivity index (χ1) is 8.26. The van der Waals surface area contributed by atoms with Crippen LogP contribution in [0.3, 0.4) is 0 Å². The first-order valence-electron chi connectivity index (χ1n) is 6.12. The van der Waals surface area contributed by atoms with Crippen LogP contribution in [0.4, 0.5) is 4.39 Å². The van der Waals surface area contributed by atoms with Crippen molar-refractivity contribution in [2.45, 2.75) is 40.2 Å². The Kier molecular flexibility index (Phi) is 2.85. The highest BCUT2D eigenvalue weighted by Gasteiger charge is 2.54. The van der Waals surface area contributed by atoms with Crippen molar-refractivity contribution >= 4 is 0 Å². The van der Waals surface area contributed by atoms with Gasteiger partial charge in [0.25, 0.3) is 0 Å². The summed E-state index contributed by atoms with van der Waals surface area (Å²) in [6.07, 6.45) is 1.15. The van der Waals surface area contributed by atoms with E-state index in [1.54, 1.807) is 12.1 Å². The maximum Gasteiger partial charge on any atom is 0.144 e. The second kappa shape index (κ2) is 3.98. The summed E-state index contributed by atoms with van der Waals surface area (Å²) in [4.78, 5) is 0. The van der Waals surface area contributed by atoms with Crippen LogP contribution in [0.25, 0.3) is 0 Å². The third kappa shape index (κ3) is 2.08. The number of nitrogens with zero attached hydrogens (tertiary/aromatic N) is 1. The molecule has 2 nitrogen and oxygen atoms in total. The van der Waals surface area contributed by atoms with Crippen LogP contribution < -0.4 is 4.74 Å². The lowest BCUT2D eigenvalue weighted by Crippen LogP contribution is -2.58. The van der Waals surface area contributed by atoms with Gasteiger partial charge in [-0.3, -0.25) is 0 Å². The van der Waals surface area contributed by atoms with Crippen LogP contribution in [-0.4, -0.2) is 6.10 Å². The summed E-state index contributed by atoms with van der Waals surface area (Å²) in [6, 6.07) is 6.22. The zero-order valence-electron chi connectivity index (χ0n) is 11.2. The first kappa shape index (κ1) is 12.9. The van der Waals surface area contributed by atoms with Crippen LogP contribution >= 0.6 is 0 Å². The van der Waals surface area contributed by atoms with E-state index >= 15 is 0 Å². The number of halogens is 1. The van der Waals surface area contributed by atoms with Gasteiger partial charge in [-0.1, -0.05) is 27.7 Å². The van der Waals surface area contributed by atoms with Crippen molar-refractivity contribution in [2.75, 3.05) is 0 Å². The molecule has 0 aromatic heterocycles. The SMILES string of the molecule is CC1(C)CC(C)(C)C1Oc1ccc(C#N)c(F)c1. The van der Waals surface area contributed by atoms with Gasteiger partial charge in [-0.15, -0.1) is 0 Å². The summed E-state index contributed by atoms with van der Waals surface area (Å²) in [5.41, 5.74) is 0.261. The molecule has 1 fully saturated rings. The number of hydrogen-bond acceptors (Lipinski definition) is 2. The van der Waals surface area contributed by atoms with E-state index in [0.717, 1.165) is 6.42 Å². The lowest BCUT2D eigenvalue weighted by atomic mass is 9.53. The van der Waals surface area contributed by atoms with Gasteiger partial charge in [0, 0.05) is 16.9 Å². The van der Waals surface area contributed by atoms with Crippen LogP contribution in [0.1, 0.15) is 39.7 Å². The molecule has 0 saturated heterocycles. The number of hydrogen-bond donors (Lipinski definition) is 0. The van der Waals surface area contributed by atoms with Crippen molar-refractivity contribution < 1.29 is 9.13 Å². The van der Waals surface area contributed by atoms with E-state index in [1.165, 1.54) is 12.1 Å². The molecule has 1 aliphatic rings. The monoisotopic (exact) mass is 247 g/mol. The Hall–Kier alpha value is -1.56. The smallest absolute Gasteiger partial charge is 0.144 e. The summed E-state index contributed by atoms with van der Waals surface area (Å²) in [5.74, 6) is -0.0257. The van der Waals surface area contributed by atoms with E-state index in [2.05, 4.69) is 27.7 Å². The third-order valence-corrected chi connectivity index (χ3v) is 3.65. The van der Waals surface area contributed by atoms with Crippen LogP contribution in [0.5, 0.6) is 5.75 Å². The van der Waals surface area contributed by atoms with Gasteiger partial charge in [0.1, 0.15) is 23.7 Å². The number of ether oxygens (including phenoxy) is 1. The van der Waals surface area contributed by atoms with Gasteiger partial charge in [0.05, 0.1) is 5.56 Å². The van der Waals surface area contributed by atoms with Gasteiger partial charge in [-0.25, -0.2) is 4.39 Å². The minimum absolute atomic E-state index is 0.0504. The van der Waals surface area contributed by atoms with E-state index in [0.29, 0.717) is 5.75 Å². The van der Waals surface area contributed by atoms with Gasteiger partial charge in [0.2, 0.25) is 0 Å². The molecule has 1 aromatic rings. The second-order valence-electron chi connectivity index (χ2n) is 6.41. The molecule has 0 radical (unpaired) electrons. The van der Waals surface area contributed by atoms with E-state index in [-0.39, 0.29) is 22.5 Å². The van der Waals surface area contributed by atoms with Crippen LogP contribution in [0.15, 0.2) is 18.2 Å². The van der Waals surface area contributed by atoms with E-state index < -0.39 is 5.82 Å². The highest BCUT2D eigenvalue weighted by atomic mass is 19.1. The minimum Gasteiger partial charge on any atom is -0.489 e. The molecule has 0 atom stereocenters. The Balaban J connectivity index is 2.20. The molecule has 0 aliphatic heterocycles. The molecule has 0 spiro atoms. The zero-order chi connectivity index (χ0) is 13.6. The van der Waals surface area contributed by atoms with Crippen LogP contribution in [0.2, 0.25) is 0 Å². The summed E-state index contributed by atoms with van der Waals surface area (Å²) in [7, 11) is 0. The normalized spacial score (nSPS) is 20.9. The van der Waals surface area contributed by atoms with Crippen LogP contribution in [0, 0.1) is 28.0 Å². The molecule has 0 N–H and O–H groups in total. The molecule has 1 aromatic carbocycles. The minimum atomic E-state index is -0.523. The third-order valence-electron chi connectivity index (χ3n) is 3.65.